The second kappa shape index (κ2) is 11.2. The fourth-order valence-electron chi connectivity index (χ4n) is 3.51. The normalized spacial score (nSPS) is 16.3. The summed E-state index contributed by atoms with van der Waals surface area (Å²) in [6, 6.07) is 4.08. The Labute approximate surface area is 190 Å². The lowest BCUT2D eigenvalue weighted by Gasteiger charge is -2.33. The maximum atomic E-state index is 13.3. The Morgan fingerprint density at radius 2 is 1.94 bits per heavy atom. The molecule has 0 saturated carbocycles. The van der Waals surface area contributed by atoms with Gasteiger partial charge in [-0.25, -0.2) is 14.4 Å². The number of rotatable bonds is 8. The number of halogens is 2. The van der Waals surface area contributed by atoms with Crippen LogP contribution in [0.4, 0.5) is 16.0 Å². The average Bonchev–Trinajstić information content (AvgIpc) is 2.80. The third kappa shape index (κ3) is 6.35. The van der Waals surface area contributed by atoms with Crippen molar-refractivity contribution >= 4 is 35.1 Å². The van der Waals surface area contributed by atoms with Gasteiger partial charge in [-0.15, -0.1) is 0 Å². The van der Waals surface area contributed by atoms with Gasteiger partial charge in [0, 0.05) is 37.2 Å². The van der Waals surface area contributed by atoms with Crippen LogP contribution in [0.15, 0.2) is 36.7 Å². The van der Waals surface area contributed by atoms with Crippen molar-refractivity contribution in [3.63, 3.8) is 0 Å². The number of likely N-dealkylation sites (N-methyl/N-ethyl adjacent to an activating group) is 1. The predicted octanol–water partition coefficient (Wildman–Crippen LogP) is 1.30. The van der Waals surface area contributed by atoms with Crippen LogP contribution in [0, 0.1) is 5.82 Å². The Morgan fingerprint density at radius 1 is 1.25 bits per heavy atom. The van der Waals surface area contributed by atoms with Crippen molar-refractivity contribution in [2.75, 3.05) is 30.4 Å². The maximum absolute atomic E-state index is 13.3. The molecule has 2 aromatic rings. The van der Waals surface area contributed by atoms with E-state index in [1.54, 1.807) is 25.5 Å². The largest absolute Gasteiger partial charge is 0.352 e. The van der Waals surface area contributed by atoms with E-state index < -0.39 is 23.8 Å². The van der Waals surface area contributed by atoms with Gasteiger partial charge in [0.1, 0.15) is 5.82 Å². The molecular formula is C21H27ClFN7O2. The molecule has 11 heteroatoms. The summed E-state index contributed by atoms with van der Waals surface area (Å²) in [7, 11) is 1.61. The third-order valence-electron chi connectivity index (χ3n) is 5.35. The molecule has 1 aromatic carbocycles. The first kappa shape index (κ1) is 23.8. The van der Waals surface area contributed by atoms with Crippen molar-refractivity contribution in [2.24, 2.45) is 5.73 Å². The Morgan fingerprint density at radius 3 is 2.56 bits per heavy atom. The van der Waals surface area contributed by atoms with E-state index in [4.69, 9.17) is 17.3 Å². The van der Waals surface area contributed by atoms with Crippen LogP contribution in [0.3, 0.4) is 0 Å². The monoisotopic (exact) mass is 463 g/mol. The van der Waals surface area contributed by atoms with E-state index in [9.17, 15) is 14.0 Å². The minimum atomic E-state index is -0.870. The number of piperidine rings is 1. The number of carbonyl (C=O) groups is 2. The van der Waals surface area contributed by atoms with Crippen molar-refractivity contribution in [1.82, 2.24) is 20.6 Å². The van der Waals surface area contributed by atoms with Crippen LogP contribution in [-0.2, 0) is 9.59 Å². The first-order chi connectivity index (χ1) is 15.4. The maximum Gasteiger partial charge on any atom is 0.241 e. The lowest BCUT2D eigenvalue weighted by atomic mass is 10.0. The molecule has 0 aliphatic carbocycles. The zero-order valence-electron chi connectivity index (χ0n) is 17.7. The Bertz CT molecular complexity index is 926. The number of nitrogens with one attached hydrogen (secondary N) is 3. The lowest BCUT2D eigenvalue weighted by Crippen LogP contribution is -2.52. The fourth-order valence-corrected chi connectivity index (χ4v) is 3.69. The van der Waals surface area contributed by atoms with E-state index in [2.05, 4.69) is 30.8 Å². The number of hydrogen-bond acceptors (Lipinski definition) is 7. The molecule has 32 heavy (non-hydrogen) atoms. The number of carbonyl (C=O) groups excluding carboxylic acids is 2. The number of nitrogens with zero attached hydrogens (tertiary/aromatic N) is 3. The molecule has 3 rings (SSSR count). The van der Waals surface area contributed by atoms with Crippen LogP contribution in [0.5, 0.6) is 0 Å². The number of amides is 2. The molecule has 1 aromatic heterocycles. The highest BCUT2D eigenvalue weighted by atomic mass is 35.5. The quantitative estimate of drug-likeness (QED) is 0.465. The van der Waals surface area contributed by atoms with Gasteiger partial charge < -0.3 is 26.6 Å². The van der Waals surface area contributed by atoms with Crippen molar-refractivity contribution in [3.05, 3.63) is 47.5 Å². The molecule has 1 aliphatic rings. The highest BCUT2D eigenvalue weighted by Crippen LogP contribution is 2.20. The van der Waals surface area contributed by atoms with Crippen LogP contribution >= 0.6 is 11.6 Å². The standard InChI is InChI=1S/C21H27ClFN7O2/c1-25-18(20(32)29-14-3-4-16(23)15(22)11-14)12-17(24)19(31)28-13-5-9-30(10-6-13)21-26-7-2-8-27-21/h2-4,7-8,11,13,17-18,25H,5-6,9-10,12,24H2,1H3,(H,28,31)(H,29,32). The summed E-state index contributed by atoms with van der Waals surface area (Å²) >= 11 is 5.75. The SMILES string of the molecule is CNC(CC(N)C(=O)NC1CCN(c2ncccn2)CC1)C(=O)Nc1ccc(F)c(Cl)c1. The Balaban J connectivity index is 1.47. The molecule has 1 fully saturated rings. The van der Waals surface area contributed by atoms with Crippen molar-refractivity contribution in [3.8, 4) is 0 Å². The molecule has 0 spiro atoms. The molecule has 0 radical (unpaired) electrons. The van der Waals surface area contributed by atoms with Crippen LogP contribution in [0.25, 0.3) is 0 Å². The Hall–Kier alpha value is -2.82. The van der Waals surface area contributed by atoms with Gasteiger partial charge in [-0.05, 0) is 50.6 Å². The van der Waals surface area contributed by atoms with Gasteiger partial charge in [0.15, 0.2) is 0 Å². The smallest absolute Gasteiger partial charge is 0.241 e. The minimum Gasteiger partial charge on any atom is -0.352 e. The second-order valence-corrected chi connectivity index (χ2v) is 8.03. The molecule has 2 amide bonds. The van der Waals surface area contributed by atoms with Crippen LogP contribution in [-0.4, -0.2) is 60.0 Å². The summed E-state index contributed by atoms with van der Waals surface area (Å²) in [5.41, 5.74) is 6.43. The number of nitrogens with two attached hydrogens (primary N) is 1. The molecular weight excluding hydrogens is 437 g/mol. The fraction of sp³-hybridized carbons (Fsp3) is 0.429. The van der Waals surface area contributed by atoms with Gasteiger partial charge in [0.25, 0.3) is 0 Å². The molecule has 2 unspecified atom stereocenters. The molecule has 172 valence electrons. The van der Waals surface area contributed by atoms with E-state index in [0.717, 1.165) is 25.9 Å². The molecule has 2 heterocycles. The number of hydrogen-bond donors (Lipinski definition) is 4. The molecule has 1 aliphatic heterocycles. The summed E-state index contributed by atoms with van der Waals surface area (Å²) in [4.78, 5) is 35.7. The summed E-state index contributed by atoms with van der Waals surface area (Å²) in [5, 5.41) is 8.39. The molecule has 9 nitrogen and oxygen atoms in total. The number of anilines is 2. The molecule has 2 atom stereocenters. The average molecular weight is 464 g/mol. The van der Waals surface area contributed by atoms with Gasteiger partial charge in [0.2, 0.25) is 17.8 Å². The van der Waals surface area contributed by atoms with Gasteiger partial charge in [-0.1, -0.05) is 11.6 Å². The van der Waals surface area contributed by atoms with Crippen molar-refractivity contribution in [1.29, 1.82) is 0 Å². The lowest BCUT2D eigenvalue weighted by molar-refractivity contribution is -0.124. The minimum absolute atomic E-state index is 0.00303. The zero-order chi connectivity index (χ0) is 23.1. The van der Waals surface area contributed by atoms with E-state index in [1.165, 1.54) is 18.2 Å². The first-order valence-corrected chi connectivity index (χ1v) is 10.8. The Kier molecular flexibility index (Phi) is 8.32. The zero-order valence-corrected chi connectivity index (χ0v) is 18.5. The topological polar surface area (TPSA) is 125 Å². The number of benzene rings is 1. The van der Waals surface area contributed by atoms with E-state index in [1.807, 2.05) is 0 Å². The first-order valence-electron chi connectivity index (χ1n) is 10.4. The molecule has 5 N–H and O–H groups in total. The number of aromatic nitrogens is 2. The summed E-state index contributed by atoms with van der Waals surface area (Å²) in [6.07, 6.45) is 5.00. The van der Waals surface area contributed by atoms with Gasteiger partial charge >= 0.3 is 0 Å². The third-order valence-corrected chi connectivity index (χ3v) is 5.64. The van der Waals surface area contributed by atoms with Crippen LogP contribution in [0.1, 0.15) is 19.3 Å². The van der Waals surface area contributed by atoms with E-state index in [-0.39, 0.29) is 23.4 Å². The van der Waals surface area contributed by atoms with Crippen molar-refractivity contribution < 1.29 is 14.0 Å². The summed E-state index contributed by atoms with van der Waals surface area (Å²) < 4.78 is 13.3. The van der Waals surface area contributed by atoms with Gasteiger partial charge in [-0.2, -0.15) is 0 Å². The molecule has 0 bridgehead atoms. The summed E-state index contributed by atoms with van der Waals surface area (Å²) in [5.74, 6) is -0.596. The van der Waals surface area contributed by atoms with E-state index >= 15 is 0 Å². The van der Waals surface area contributed by atoms with Crippen LogP contribution in [0.2, 0.25) is 5.02 Å². The highest BCUT2D eigenvalue weighted by Gasteiger charge is 2.27. The van der Waals surface area contributed by atoms with Gasteiger partial charge in [0.05, 0.1) is 17.1 Å². The molecule has 1 saturated heterocycles. The van der Waals surface area contributed by atoms with E-state index in [0.29, 0.717) is 11.6 Å². The van der Waals surface area contributed by atoms with Crippen molar-refractivity contribution in [2.45, 2.75) is 37.4 Å². The van der Waals surface area contributed by atoms with Crippen LogP contribution < -0.4 is 26.6 Å². The summed E-state index contributed by atoms with van der Waals surface area (Å²) in [6.45, 7) is 1.46. The highest BCUT2D eigenvalue weighted by molar-refractivity contribution is 6.31. The predicted molar refractivity (Wildman–Crippen MR) is 121 cm³/mol. The second-order valence-electron chi connectivity index (χ2n) is 7.62. The van der Waals surface area contributed by atoms with Gasteiger partial charge in [-0.3, -0.25) is 9.59 Å².